The van der Waals surface area contributed by atoms with Gasteiger partial charge in [-0.15, -0.1) is 11.3 Å². The Morgan fingerprint density at radius 2 is 2.06 bits per heavy atom. The molecular formula is C11H9N3O3S. The van der Waals surface area contributed by atoms with E-state index in [1.165, 1.54) is 35.6 Å². The average Bonchev–Trinajstić information content (AvgIpc) is 2.76. The fourth-order valence-corrected chi connectivity index (χ4v) is 2.07. The van der Waals surface area contributed by atoms with Crippen molar-refractivity contribution in [2.24, 2.45) is 0 Å². The Balaban J connectivity index is 2.13. The summed E-state index contributed by atoms with van der Waals surface area (Å²) in [5, 5.41) is 13.1. The molecule has 18 heavy (non-hydrogen) atoms. The Kier molecular flexibility index (Phi) is 3.33. The molecule has 1 aromatic heterocycles. The van der Waals surface area contributed by atoms with E-state index in [0.717, 1.165) is 0 Å². The van der Waals surface area contributed by atoms with Crippen LogP contribution in [0.5, 0.6) is 0 Å². The lowest BCUT2D eigenvalue weighted by Gasteiger charge is -2.03. The monoisotopic (exact) mass is 263 g/mol. The molecule has 2 rings (SSSR count). The summed E-state index contributed by atoms with van der Waals surface area (Å²) < 4.78 is 0. The second-order valence-electron chi connectivity index (χ2n) is 3.53. The predicted molar refractivity (Wildman–Crippen MR) is 67.9 cm³/mol. The van der Waals surface area contributed by atoms with Crippen LogP contribution in [0.4, 0.5) is 11.4 Å². The zero-order valence-corrected chi connectivity index (χ0v) is 10.2. The number of nitro benzene ring substituents is 1. The van der Waals surface area contributed by atoms with E-state index in [4.69, 9.17) is 0 Å². The van der Waals surface area contributed by atoms with Gasteiger partial charge >= 0.3 is 0 Å². The Bertz CT molecular complexity index is 592. The van der Waals surface area contributed by atoms with Crippen molar-refractivity contribution in [1.82, 2.24) is 4.98 Å². The average molecular weight is 263 g/mol. The minimum absolute atomic E-state index is 0.0121. The van der Waals surface area contributed by atoms with Gasteiger partial charge in [-0.1, -0.05) is 0 Å². The third-order valence-electron chi connectivity index (χ3n) is 2.29. The lowest BCUT2D eigenvalue weighted by atomic mass is 10.2. The standard InChI is InChI=1S/C11H9N3O3S/c1-7-10(18-6-12-7)11(15)13-8-2-4-9(5-3-8)14(16)17/h2-6H,1H3,(H,13,15). The van der Waals surface area contributed by atoms with Gasteiger partial charge in [0.15, 0.2) is 0 Å². The van der Waals surface area contributed by atoms with Gasteiger partial charge in [0.1, 0.15) is 4.88 Å². The zero-order chi connectivity index (χ0) is 13.1. The highest BCUT2D eigenvalue weighted by atomic mass is 32.1. The molecule has 0 unspecified atom stereocenters. The van der Waals surface area contributed by atoms with Crippen molar-refractivity contribution in [2.75, 3.05) is 5.32 Å². The molecule has 2 aromatic rings. The van der Waals surface area contributed by atoms with Gasteiger partial charge in [-0.2, -0.15) is 0 Å². The molecule has 0 saturated carbocycles. The molecule has 0 aliphatic carbocycles. The van der Waals surface area contributed by atoms with Crippen LogP contribution < -0.4 is 5.32 Å². The summed E-state index contributed by atoms with van der Waals surface area (Å²) in [6.45, 7) is 1.75. The third kappa shape index (κ3) is 2.51. The van der Waals surface area contributed by atoms with E-state index in [-0.39, 0.29) is 11.6 Å². The first kappa shape index (κ1) is 12.2. The normalized spacial score (nSPS) is 10.1. The first-order valence-corrected chi connectivity index (χ1v) is 5.92. The molecule has 0 aliphatic heterocycles. The van der Waals surface area contributed by atoms with Gasteiger partial charge in [-0.25, -0.2) is 4.98 Å². The summed E-state index contributed by atoms with van der Waals surface area (Å²) >= 11 is 1.25. The number of carbonyl (C=O) groups is 1. The molecule has 1 N–H and O–H groups in total. The molecule has 0 radical (unpaired) electrons. The SMILES string of the molecule is Cc1ncsc1C(=O)Nc1ccc([N+](=O)[O-])cc1. The number of hydrogen-bond donors (Lipinski definition) is 1. The minimum Gasteiger partial charge on any atom is -0.321 e. The molecule has 6 nitrogen and oxygen atoms in total. The predicted octanol–water partition coefficient (Wildman–Crippen LogP) is 2.61. The number of nitrogens with zero attached hydrogens (tertiary/aromatic N) is 2. The molecule has 0 fully saturated rings. The second kappa shape index (κ2) is 4.92. The lowest BCUT2D eigenvalue weighted by Crippen LogP contribution is -2.11. The molecule has 92 valence electrons. The molecule has 0 aliphatic rings. The fraction of sp³-hybridized carbons (Fsp3) is 0.0909. The van der Waals surface area contributed by atoms with E-state index in [9.17, 15) is 14.9 Å². The highest BCUT2D eigenvalue weighted by molar-refractivity contribution is 7.12. The smallest absolute Gasteiger partial charge is 0.269 e. The maximum absolute atomic E-state index is 11.8. The van der Waals surface area contributed by atoms with Crippen LogP contribution in [0.2, 0.25) is 0 Å². The number of rotatable bonds is 3. The quantitative estimate of drug-likeness (QED) is 0.681. The summed E-state index contributed by atoms with van der Waals surface area (Å²) in [6.07, 6.45) is 0. The second-order valence-corrected chi connectivity index (χ2v) is 4.38. The number of hydrogen-bond acceptors (Lipinski definition) is 5. The topological polar surface area (TPSA) is 85.1 Å². The van der Waals surface area contributed by atoms with E-state index in [1.807, 2.05) is 0 Å². The van der Waals surface area contributed by atoms with Crippen LogP contribution in [0.25, 0.3) is 0 Å². The number of nitrogens with one attached hydrogen (secondary N) is 1. The molecule has 1 heterocycles. The Hall–Kier alpha value is -2.28. The number of nitro groups is 1. The highest BCUT2D eigenvalue weighted by Crippen LogP contribution is 2.18. The molecule has 1 aromatic carbocycles. The van der Waals surface area contributed by atoms with Crippen molar-refractivity contribution < 1.29 is 9.72 Å². The van der Waals surface area contributed by atoms with Crippen LogP contribution in [0, 0.1) is 17.0 Å². The van der Waals surface area contributed by atoms with E-state index < -0.39 is 4.92 Å². The highest BCUT2D eigenvalue weighted by Gasteiger charge is 2.12. The van der Waals surface area contributed by atoms with E-state index in [0.29, 0.717) is 16.3 Å². The Morgan fingerprint density at radius 3 is 2.56 bits per heavy atom. The van der Waals surface area contributed by atoms with Crippen LogP contribution in [0.3, 0.4) is 0 Å². The minimum atomic E-state index is -0.487. The van der Waals surface area contributed by atoms with Gasteiger partial charge in [-0.3, -0.25) is 14.9 Å². The van der Waals surface area contributed by atoms with Crippen molar-refractivity contribution in [3.8, 4) is 0 Å². The fourth-order valence-electron chi connectivity index (χ4n) is 1.37. The number of thiazole rings is 1. The van der Waals surface area contributed by atoms with Gasteiger partial charge in [0, 0.05) is 17.8 Å². The Morgan fingerprint density at radius 1 is 1.39 bits per heavy atom. The van der Waals surface area contributed by atoms with Crippen LogP contribution in [-0.2, 0) is 0 Å². The summed E-state index contributed by atoms with van der Waals surface area (Å²) in [6, 6.07) is 5.67. The van der Waals surface area contributed by atoms with Crippen LogP contribution >= 0.6 is 11.3 Å². The molecular weight excluding hydrogens is 254 g/mol. The van der Waals surface area contributed by atoms with Gasteiger partial charge in [0.05, 0.1) is 16.1 Å². The molecule has 0 saturated heterocycles. The molecule has 1 amide bonds. The summed E-state index contributed by atoms with van der Waals surface area (Å²) in [7, 11) is 0. The third-order valence-corrected chi connectivity index (χ3v) is 3.22. The number of anilines is 1. The van der Waals surface area contributed by atoms with Crippen molar-refractivity contribution >= 4 is 28.6 Å². The van der Waals surface area contributed by atoms with Crippen molar-refractivity contribution in [3.05, 3.63) is 50.5 Å². The number of benzene rings is 1. The van der Waals surface area contributed by atoms with Crippen molar-refractivity contribution in [1.29, 1.82) is 0 Å². The zero-order valence-electron chi connectivity index (χ0n) is 9.41. The number of amides is 1. The van der Waals surface area contributed by atoms with E-state index >= 15 is 0 Å². The van der Waals surface area contributed by atoms with Crippen LogP contribution in [-0.4, -0.2) is 15.8 Å². The van der Waals surface area contributed by atoms with Gasteiger partial charge < -0.3 is 5.32 Å². The largest absolute Gasteiger partial charge is 0.321 e. The molecule has 7 heteroatoms. The first-order chi connectivity index (χ1) is 8.58. The van der Waals surface area contributed by atoms with E-state index in [2.05, 4.69) is 10.3 Å². The summed E-state index contributed by atoms with van der Waals surface area (Å²) in [4.78, 5) is 26.4. The molecule has 0 spiro atoms. The number of non-ortho nitro benzene ring substituents is 1. The molecule has 0 bridgehead atoms. The Labute approximate surface area is 106 Å². The summed E-state index contributed by atoms with van der Waals surface area (Å²) in [5.41, 5.74) is 2.76. The lowest BCUT2D eigenvalue weighted by molar-refractivity contribution is -0.384. The van der Waals surface area contributed by atoms with Gasteiger partial charge in [0.2, 0.25) is 0 Å². The van der Waals surface area contributed by atoms with Crippen molar-refractivity contribution in [3.63, 3.8) is 0 Å². The van der Waals surface area contributed by atoms with Crippen LogP contribution in [0.1, 0.15) is 15.4 Å². The van der Waals surface area contributed by atoms with E-state index in [1.54, 1.807) is 12.4 Å². The number of aromatic nitrogens is 1. The maximum Gasteiger partial charge on any atom is 0.269 e. The van der Waals surface area contributed by atoms with Gasteiger partial charge in [0.25, 0.3) is 11.6 Å². The number of aryl methyl sites for hydroxylation is 1. The first-order valence-electron chi connectivity index (χ1n) is 5.04. The molecule has 0 atom stereocenters. The number of carbonyl (C=O) groups excluding carboxylic acids is 1. The maximum atomic E-state index is 11.8. The van der Waals surface area contributed by atoms with Crippen molar-refractivity contribution in [2.45, 2.75) is 6.92 Å². The summed E-state index contributed by atoms with van der Waals surface area (Å²) in [5.74, 6) is -0.260. The van der Waals surface area contributed by atoms with Crippen LogP contribution in [0.15, 0.2) is 29.8 Å². The van der Waals surface area contributed by atoms with Gasteiger partial charge in [-0.05, 0) is 19.1 Å².